The fraction of sp³-hybridized carbons (Fsp3) is 1.00. The van der Waals surface area contributed by atoms with E-state index in [2.05, 4.69) is 32.8 Å². The third kappa shape index (κ3) is 6.33. The van der Waals surface area contributed by atoms with Crippen LogP contribution in [0.3, 0.4) is 0 Å². The van der Waals surface area contributed by atoms with E-state index in [0.717, 1.165) is 13.0 Å². The van der Waals surface area contributed by atoms with Crippen molar-refractivity contribution >= 4 is 22.6 Å². The van der Waals surface area contributed by atoms with Crippen LogP contribution in [0.1, 0.15) is 6.42 Å². The predicted octanol–water partition coefficient (Wildman–Crippen LogP) is 1.89. The summed E-state index contributed by atoms with van der Waals surface area (Å²) in [6.07, 6.45) is 1.15. The Morgan fingerprint density at radius 2 is 2.29 bits per heavy atom. The first-order valence-corrected chi connectivity index (χ1v) is 3.76. The molecule has 42 valence electrons. The molecule has 0 aromatic carbocycles. The number of nitrogens with zero attached hydrogens (tertiary/aromatic N) is 2. The maximum atomic E-state index is 3.78. The Kier molecular flexibility index (Phi) is 6.63. The van der Waals surface area contributed by atoms with Crippen molar-refractivity contribution in [3.8, 4) is 0 Å². The van der Waals surface area contributed by atoms with E-state index in [1.54, 1.807) is 7.05 Å². The molecule has 0 atom stereocenters. The molecule has 0 saturated carbocycles. The molecule has 0 aliphatic rings. The molecule has 0 aliphatic heterocycles. The van der Waals surface area contributed by atoms with Crippen molar-refractivity contribution in [2.45, 2.75) is 6.42 Å². The van der Waals surface area contributed by atoms with Crippen LogP contribution in [0.5, 0.6) is 0 Å². The topological polar surface area (TPSA) is 24.7 Å². The van der Waals surface area contributed by atoms with Crippen LogP contribution in [0, 0.1) is 0 Å². The Balaban J connectivity index is 2.69. The van der Waals surface area contributed by atoms with E-state index in [0.29, 0.717) is 0 Å². The van der Waals surface area contributed by atoms with Gasteiger partial charge in [0.05, 0.1) is 6.54 Å². The van der Waals surface area contributed by atoms with E-state index >= 15 is 0 Å². The number of hydrogen-bond acceptors (Lipinski definition) is 2. The highest BCUT2D eigenvalue weighted by atomic mass is 127. The molecule has 0 amide bonds. The first kappa shape index (κ1) is 7.33. The van der Waals surface area contributed by atoms with Crippen molar-refractivity contribution in [3.05, 3.63) is 0 Å². The summed E-state index contributed by atoms with van der Waals surface area (Å²) in [4.78, 5) is 0. The number of azo groups is 1. The summed E-state index contributed by atoms with van der Waals surface area (Å²) < 4.78 is 1.18. The molecule has 0 aliphatic carbocycles. The zero-order valence-corrected chi connectivity index (χ0v) is 6.55. The van der Waals surface area contributed by atoms with Gasteiger partial charge in [-0.3, -0.25) is 0 Å². The molecule has 0 heterocycles. The molecule has 2 nitrogen and oxygen atoms in total. The highest BCUT2D eigenvalue weighted by molar-refractivity contribution is 14.1. The van der Waals surface area contributed by atoms with E-state index in [9.17, 15) is 0 Å². The zero-order chi connectivity index (χ0) is 5.54. The maximum absolute atomic E-state index is 3.78. The maximum Gasteiger partial charge on any atom is 0.0606 e. The van der Waals surface area contributed by atoms with Crippen molar-refractivity contribution in [2.75, 3.05) is 18.0 Å². The van der Waals surface area contributed by atoms with Crippen LogP contribution >= 0.6 is 22.6 Å². The Morgan fingerprint density at radius 3 is 2.71 bits per heavy atom. The average Bonchev–Trinajstić information content (AvgIpc) is 1.69. The normalized spacial score (nSPS) is 10.6. The molecule has 0 radical (unpaired) electrons. The monoisotopic (exact) mass is 212 g/mol. The van der Waals surface area contributed by atoms with Gasteiger partial charge in [0.1, 0.15) is 0 Å². The molecule has 0 N–H and O–H groups in total. The second kappa shape index (κ2) is 6.33. The summed E-state index contributed by atoms with van der Waals surface area (Å²) in [5, 5.41) is 7.38. The van der Waals surface area contributed by atoms with Crippen LogP contribution in [0.15, 0.2) is 10.2 Å². The Bertz CT molecular complexity index is 53.7. The second-order valence-corrected chi connectivity index (χ2v) is 2.19. The van der Waals surface area contributed by atoms with Crippen molar-refractivity contribution in [2.24, 2.45) is 10.2 Å². The van der Waals surface area contributed by atoms with Gasteiger partial charge in [0, 0.05) is 11.5 Å². The molecule has 0 aromatic rings. The lowest BCUT2D eigenvalue weighted by Gasteiger charge is -1.82. The van der Waals surface area contributed by atoms with Gasteiger partial charge in [-0.2, -0.15) is 10.2 Å². The summed E-state index contributed by atoms with van der Waals surface area (Å²) in [6.45, 7) is 0.888. The highest BCUT2D eigenvalue weighted by Crippen LogP contribution is 1.87. The third-order valence-corrected chi connectivity index (χ3v) is 1.30. The zero-order valence-electron chi connectivity index (χ0n) is 4.39. The predicted molar refractivity (Wildman–Crippen MR) is 39.2 cm³/mol. The Morgan fingerprint density at radius 1 is 1.57 bits per heavy atom. The fourth-order valence-corrected chi connectivity index (χ4v) is 0.572. The van der Waals surface area contributed by atoms with Crippen LogP contribution in [0.2, 0.25) is 0 Å². The van der Waals surface area contributed by atoms with Crippen LogP contribution in [-0.4, -0.2) is 18.0 Å². The first-order chi connectivity index (χ1) is 3.41. The molecule has 0 bridgehead atoms. The molecular formula is C4H9IN2. The Labute approximate surface area is 57.5 Å². The smallest absolute Gasteiger partial charge is 0.0606 e. The number of halogens is 1. The van der Waals surface area contributed by atoms with Gasteiger partial charge in [0.2, 0.25) is 0 Å². The van der Waals surface area contributed by atoms with Crippen LogP contribution in [0.4, 0.5) is 0 Å². The minimum absolute atomic E-state index is 0.888. The molecule has 3 heteroatoms. The van der Waals surface area contributed by atoms with Gasteiger partial charge in [-0.1, -0.05) is 22.6 Å². The highest BCUT2D eigenvalue weighted by Gasteiger charge is 1.75. The molecule has 0 unspecified atom stereocenters. The van der Waals surface area contributed by atoms with Crippen LogP contribution in [-0.2, 0) is 0 Å². The quantitative estimate of drug-likeness (QED) is 0.295. The number of hydrogen-bond donors (Lipinski definition) is 0. The van der Waals surface area contributed by atoms with E-state index in [4.69, 9.17) is 0 Å². The van der Waals surface area contributed by atoms with Gasteiger partial charge in [0.25, 0.3) is 0 Å². The molecule has 0 rings (SSSR count). The van der Waals surface area contributed by atoms with Crippen molar-refractivity contribution in [1.29, 1.82) is 0 Å². The third-order valence-electron chi connectivity index (χ3n) is 0.533. The minimum atomic E-state index is 0.888. The fourth-order valence-electron chi connectivity index (χ4n) is 0.230. The number of rotatable bonds is 3. The van der Waals surface area contributed by atoms with Gasteiger partial charge in [-0.15, -0.1) is 0 Å². The van der Waals surface area contributed by atoms with Crippen LogP contribution < -0.4 is 0 Å². The number of alkyl halides is 1. The summed E-state index contributed by atoms with van der Waals surface area (Å²) in [5.74, 6) is 0. The summed E-state index contributed by atoms with van der Waals surface area (Å²) in [7, 11) is 1.70. The van der Waals surface area contributed by atoms with Crippen molar-refractivity contribution in [1.82, 2.24) is 0 Å². The lowest BCUT2D eigenvalue weighted by Crippen LogP contribution is -1.77. The minimum Gasteiger partial charge on any atom is -0.198 e. The summed E-state index contributed by atoms with van der Waals surface area (Å²) in [5.41, 5.74) is 0. The van der Waals surface area contributed by atoms with E-state index in [-0.39, 0.29) is 0 Å². The van der Waals surface area contributed by atoms with Gasteiger partial charge < -0.3 is 0 Å². The van der Waals surface area contributed by atoms with E-state index in [1.165, 1.54) is 4.43 Å². The largest absolute Gasteiger partial charge is 0.198 e. The molecule has 7 heavy (non-hydrogen) atoms. The first-order valence-electron chi connectivity index (χ1n) is 2.23. The summed E-state index contributed by atoms with van der Waals surface area (Å²) >= 11 is 2.33. The molecule has 0 fully saturated rings. The lowest BCUT2D eigenvalue weighted by molar-refractivity contribution is 0.877. The molecule has 0 spiro atoms. The Hall–Kier alpha value is 0.330. The molecular weight excluding hydrogens is 203 g/mol. The lowest BCUT2D eigenvalue weighted by atomic mass is 10.5. The van der Waals surface area contributed by atoms with Crippen LogP contribution in [0.25, 0.3) is 0 Å². The summed E-state index contributed by atoms with van der Waals surface area (Å²) in [6, 6.07) is 0. The van der Waals surface area contributed by atoms with Gasteiger partial charge in [-0.05, 0) is 6.42 Å². The average molecular weight is 212 g/mol. The second-order valence-electron chi connectivity index (χ2n) is 1.11. The van der Waals surface area contributed by atoms with Crippen molar-refractivity contribution in [3.63, 3.8) is 0 Å². The van der Waals surface area contributed by atoms with Crippen molar-refractivity contribution < 1.29 is 0 Å². The molecule has 0 aromatic heterocycles. The van der Waals surface area contributed by atoms with Gasteiger partial charge >= 0.3 is 0 Å². The van der Waals surface area contributed by atoms with Gasteiger partial charge in [0.15, 0.2) is 0 Å². The molecule has 0 saturated heterocycles. The van der Waals surface area contributed by atoms with E-state index in [1.807, 2.05) is 0 Å². The van der Waals surface area contributed by atoms with Gasteiger partial charge in [-0.25, -0.2) is 0 Å². The van der Waals surface area contributed by atoms with E-state index < -0.39 is 0 Å². The SMILES string of the molecule is CN=NCCCI. The standard InChI is InChI=1S/C4H9IN2/c1-6-7-4-2-3-5/h2-4H2,1H3.